The minimum absolute atomic E-state index is 0.565. The predicted octanol–water partition coefficient (Wildman–Crippen LogP) is 1.82. The molecule has 1 aliphatic carbocycles. The Hall–Kier alpha value is -0.0400. The van der Waals surface area contributed by atoms with E-state index in [9.17, 15) is 0 Å². The second-order valence-electron chi connectivity index (χ2n) is 2.68. The van der Waals surface area contributed by atoms with Crippen molar-refractivity contribution in [3.63, 3.8) is 0 Å². The molecule has 0 radical (unpaired) electrons. The first-order valence-corrected chi connectivity index (χ1v) is 3.37. The van der Waals surface area contributed by atoms with Crippen LogP contribution in [0.3, 0.4) is 0 Å². The lowest BCUT2D eigenvalue weighted by Crippen LogP contribution is -2.12. The molecular formula is C7H14O. The second kappa shape index (κ2) is 2.49. The second-order valence-corrected chi connectivity index (χ2v) is 2.68. The molecule has 1 fully saturated rings. The Kier molecular flexibility index (Phi) is 1.90. The van der Waals surface area contributed by atoms with Crippen LogP contribution in [0.15, 0.2) is 0 Å². The fourth-order valence-electron chi connectivity index (χ4n) is 1.46. The quantitative estimate of drug-likeness (QED) is 0.505. The molecule has 0 aromatic carbocycles. The van der Waals surface area contributed by atoms with Crippen LogP contribution in [0.25, 0.3) is 0 Å². The molecule has 0 aliphatic heterocycles. The maximum absolute atomic E-state index is 5.22. The monoisotopic (exact) mass is 114 g/mol. The summed E-state index contributed by atoms with van der Waals surface area (Å²) >= 11 is 0. The van der Waals surface area contributed by atoms with Crippen LogP contribution in [-0.2, 0) is 4.74 Å². The molecule has 0 aromatic rings. The van der Waals surface area contributed by atoms with E-state index in [0.717, 1.165) is 5.92 Å². The summed E-state index contributed by atoms with van der Waals surface area (Å²) in [5.41, 5.74) is 0. The van der Waals surface area contributed by atoms with Crippen molar-refractivity contribution in [1.29, 1.82) is 0 Å². The zero-order valence-corrected chi connectivity index (χ0v) is 5.68. The SMILES string of the molecule is CO[C@H]1CCC[C@H]1C. The first-order valence-electron chi connectivity index (χ1n) is 3.37. The lowest BCUT2D eigenvalue weighted by molar-refractivity contribution is 0.0775. The van der Waals surface area contributed by atoms with Crippen LogP contribution in [0.1, 0.15) is 26.2 Å². The minimum atomic E-state index is 0.565. The number of methoxy groups -OCH3 is 1. The fourth-order valence-corrected chi connectivity index (χ4v) is 1.46. The van der Waals surface area contributed by atoms with E-state index in [1.807, 2.05) is 7.11 Å². The highest BCUT2D eigenvalue weighted by Crippen LogP contribution is 2.26. The molecule has 1 aliphatic rings. The number of hydrogen-bond acceptors (Lipinski definition) is 1. The average Bonchev–Trinajstić information content (AvgIpc) is 2.14. The Bertz CT molecular complexity index is 70.8. The molecule has 1 saturated carbocycles. The third-order valence-corrected chi connectivity index (χ3v) is 2.09. The summed E-state index contributed by atoms with van der Waals surface area (Å²) in [6.07, 6.45) is 4.56. The molecule has 2 atom stereocenters. The summed E-state index contributed by atoms with van der Waals surface area (Å²) in [4.78, 5) is 0. The van der Waals surface area contributed by atoms with E-state index in [1.165, 1.54) is 19.3 Å². The lowest BCUT2D eigenvalue weighted by atomic mass is 10.1. The van der Waals surface area contributed by atoms with Crippen molar-refractivity contribution in [1.82, 2.24) is 0 Å². The molecule has 0 aromatic heterocycles. The predicted molar refractivity (Wildman–Crippen MR) is 33.8 cm³/mol. The van der Waals surface area contributed by atoms with Gasteiger partial charge in [0.1, 0.15) is 0 Å². The van der Waals surface area contributed by atoms with Crippen molar-refractivity contribution in [3.8, 4) is 0 Å². The van der Waals surface area contributed by atoms with E-state index in [1.54, 1.807) is 0 Å². The van der Waals surface area contributed by atoms with Gasteiger partial charge in [0.2, 0.25) is 0 Å². The van der Waals surface area contributed by atoms with E-state index in [0.29, 0.717) is 6.10 Å². The molecule has 0 saturated heterocycles. The van der Waals surface area contributed by atoms with Crippen LogP contribution in [0, 0.1) is 5.92 Å². The van der Waals surface area contributed by atoms with Gasteiger partial charge >= 0.3 is 0 Å². The molecule has 1 rings (SSSR count). The normalized spacial score (nSPS) is 38.2. The van der Waals surface area contributed by atoms with E-state index in [-0.39, 0.29) is 0 Å². The molecule has 0 amide bonds. The smallest absolute Gasteiger partial charge is 0.0596 e. The molecule has 1 nitrogen and oxygen atoms in total. The summed E-state index contributed by atoms with van der Waals surface area (Å²) in [5.74, 6) is 0.806. The lowest BCUT2D eigenvalue weighted by Gasteiger charge is -2.11. The Labute approximate surface area is 51.0 Å². The average molecular weight is 114 g/mol. The Morgan fingerprint density at radius 1 is 1.38 bits per heavy atom. The highest BCUT2D eigenvalue weighted by molar-refractivity contribution is 4.73. The van der Waals surface area contributed by atoms with Crippen LogP contribution in [0.4, 0.5) is 0 Å². The van der Waals surface area contributed by atoms with Crippen LogP contribution >= 0.6 is 0 Å². The van der Waals surface area contributed by atoms with Gasteiger partial charge in [-0.3, -0.25) is 0 Å². The first-order chi connectivity index (χ1) is 3.84. The van der Waals surface area contributed by atoms with Gasteiger partial charge in [0, 0.05) is 7.11 Å². The van der Waals surface area contributed by atoms with Crippen molar-refractivity contribution >= 4 is 0 Å². The van der Waals surface area contributed by atoms with Gasteiger partial charge in [-0.25, -0.2) is 0 Å². The Morgan fingerprint density at radius 2 is 2.12 bits per heavy atom. The molecule has 8 heavy (non-hydrogen) atoms. The van der Waals surface area contributed by atoms with Gasteiger partial charge in [0.05, 0.1) is 6.10 Å². The molecular weight excluding hydrogens is 100 g/mol. The highest BCUT2D eigenvalue weighted by Gasteiger charge is 2.21. The van der Waals surface area contributed by atoms with Gasteiger partial charge in [-0.05, 0) is 18.8 Å². The molecule has 0 unspecified atom stereocenters. The molecule has 0 bridgehead atoms. The summed E-state index contributed by atoms with van der Waals surface area (Å²) < 4.78 is 5.22. The number of ether oxygens (including phenoxy) is 1. The summed E-state index contributed by atoms with van der Waals surface area (Å²) in [6, 6.07) is 0. The zero-order chi connectivity index (χ0) is 5.98. The van der Waals surface area contributed by atoms with E-state index in [2.05, 4.69) is 6.92 Å². The van der Waals surface area contributed by atoms with Crippen molar-refractivity contribution in [2.75, 3.05) is 7.11 Å². The first kappa shape index (κ1) is 6.09. The van der Waals surface area contributed by atoms with E-state index in [4.69, 9.17) is 4.74 Å². The van der Waals surface area contributed by atoms with Crippen LogP contribution in [-0.4, -0.2) is 13.2 Å². The Balaban J connectivity index is 2.30. The van der Waals surface area contributed by atoms with Gasteiger partial charge in [-0.2, -0.15) is 0 Å². The highest BCUT2D eigenvalue weighted by atomic mass is 16.5. The van der Waals surface area contributed by atoms with E-state index < -0.39 is 0 Å². The Morgan fingerprint density at radius 3 is 2.38 bits per heavy atom. The van der Waals surface area contributed by atoms with Gasteiger partial charge in [-0.1, -0.05) is 13.3 Å². The number of hydrogen-bond donors (Lipinski definition) is 0. The number of rotatable bonds is 1. The van der Waals surface area contributed by atoms with Gasteiger partial charge in [0.25, 0.3) is 0 Å². The van der Waals surface area contributed by atoms with Crippen LogP contribution < -0.4 is 0 Å². The maximum Gasteiger partial charge on any atom is 0.0596 e. The molecule has 0 heterocycles. The van der Waals surface area contributed by atoms with E-state index >= 15 is 0 Å². The van der Waals surface area contributed by atoms with Crippen molar-refractivity contribution < 1.29 is 4.74 Å². The maximum atomic E-state index is 5.22. The third-order valence-electron chi connectivity index (χ3n) is 2.09. The fraction of sp³-hybridized carbons (Fsp3) is 1.00. The summed E-state index contributed by atoms with van der Waals surface area (Å²) in [5, 5.41) is 0. The van der Waals surface area contributed by atoms with Crippen molar-refractivity contribution in [3.05, 3.63) is 0 Å². The largest absolute Gasteiger partial charge is 0.381 e. The zero-order valence-electron chi connectivity index (χ0n) is 5.68. The summed E-state index contributed by atoms with van der Waals surface area (Å²) in [6.45, 7) is 2.27. The standard InChI is InChI=1S/C7H14O/c1-6-4-3-5-7(6)8-2/h6-7H,3-5H2,1-2H3/t6-,7+/m1/s1. The topological polar surface area (TPSA) is 9.23 Å². The minimum Gasteiger partial charge on any atom is -0.381 e. The van der Waals surface area contributed by atoms with Crippen molar-refractivity contribution in [2.45, 2.75) is 32.3 Å². The summed E-state index contributed by atoms with van der Waals surface area (Å²) in [7, 11) is 1.81. The molecule has 0 N–H and O–H groups in total. The third kappa shape index (κ3) is 1.03. The van der Waals surface area contributed by atoms with Gasteiger partial charge in [0.15, 0.2) is 0 Å². The van der Waals surface area contributed by atoms with Crippen LogP contribution in [0.5, 0.6) is 0 Å². The van der Waals surface area contributed by atoms with Crippen molar-refractivity contribution in [2.24, 2.45) is 5.92 Å². The molecule has 1 heteroatoms. The van der Waals surface area contributed by atoms with Crippen LogP contribution in [0.2, 0.25) is 0 Å². The molecule has 0 spiro atoms. The van der Waals surface area contributed by atoms with Gasteiger partial charge < -0.3 is 4.74 Å². The molecule has 48 valence electrons. The van der Waals surface area contributed by atoms with Gasteiger partial charge in [-0.15, -0.1) is 0 Å².